The Hall–Kier alpha value is -1.34. The Kier molecular flexibility index (Phi) is 7.61. The summed E-state index contributed by atoms with van der Waals surface area (Å²) >= 11 is 6.03. The molecule has 0 atom stereocenters. The van der Waals surface area contributed by atoms with Crippen molar-refractivity contribution >= 4 is 23.2 Å². The fraction of sp³-hybridized carbons (Fsp3) is 0.562. The van der Waals surface area contributed by atoms with E-state index in [-0.39, 0.29) is 5.91 Å². The molecule has 0 saturated carbocycles. The van der Waals surface area contributed by atoms with Gasteiger partial charge in [-0.1, -0.05) is 11.6 Å². The van der Waals surface area contributed by atoms with Crippen molar-refractivity contribution in [3.63, 3.8) is 0 Å². The van der Waals surface area contributed by atoms with E-state index in [1.54, 1.807) is 25.3 Å². The van der Waals surface area contributed by atoms with Crippen LogP contribution in [0, 0.1) is 0 Å². The topological polar surface area (TPSA) is 62.8 Å². The maximum Gasteiger partial charge on any atom is 0.225 e. The van der Waals surface area contributed by atoms with Crippen LogP contribution < -0.4 is 15.4 Å². The second-order valence-corrected chi connectivity index (χ2v) is 5.76. The maximum absolute atomic E-state index is 11.9. The van der Waals surface area contributed by atoms with E-state index in [9.17, 15) is 4.79 Å². The van der Waals surface area contributed by atoms with Crippen molar-refractivity contribution in [3.05, 3.63) is 23.2 Å². The number of nitrogens with zero attached hydrogens (tertiary/aromatic N) is 1. The average molecular weight is 342 g/mol. The summed E-state index contributed by atoms with van der Waals surface area (Å²) in [5.74, 6) is 0.555. The van der Waals surface area contributed by atoms with Gasteiger partial charge in [0.1, 0.15) is 5.75 Å². The van der Waals surface area contributed by atoms with Gasteiger partial charge in [-0.05, 0) is 18.2 Å². The Balaban J connectivity index is 1.60. The lowest BCUT2D eigenvalue weighted by atomic mass is 10.3. The van der Waals surface area contributed by atoms with E-state index in [4.69, 9.17) is 21.1 Å². The first-order valence-electron chi connectivity index (χ1n) is 7.83. The van der Waals surface area contributed by atoms with E-state index < -0.39 is 0 Å². The Morgan fingerprint density at radius 3 is 2.83 bits per heavy atom. The third-order valence-corrected chi connectivity index (χ3v) is 3.97. The molecule has 0 spiro atoms. The van der Waals surface area contributed by atoms with Crippen LogP contribution in [0.2, 0.25) is 5.02 Å². The molecule has 0 unspecified atom stereocenters. The SMILES string of the molecule is COc1ccc(NC(=O)CCNCCN2CCOCC2)cc1Cl. The standard InChI is InChI=1S/C16H24ClN3O3/c1-22-15-3-2-13(12-14(15)17)19-16(21)4-5-18-6-7-20-8-10-23-11-9-20/h2-3,12,18H,4-11H2,1H3,(H,19,21). The van der Waals surface area contributed by atoms with E-state index in [0.29, 0.717) is 29.4 Å². The van der Waals surface area contributed by atoms with Crippen LogP contribution in [-0.2, 0) is 9.53 Å². The van der Waals surface area contributed by atoms with Gasteiger partial charge >= 0.3 is 0 Å². The van der Waals surface area contributed by atoms with Gasteiger partial charge in [-0.2, -0.15) is 0 Å². The predicted octanol–water partition coefficient (Wildman–Crippen LogP) is 1.60. The monoisotopic (exact) mass is 341 g/mol. The van der Waals surface area contributed by atoms with Crippen molar-refractivity contribution in [2.24, 2.45) is 0 Å². The van der Waals surface area contributed by atoms with Gasteiger partial charge in [-0.25, -0.2) is 0 Å². The molecule has 0 aromatic heterocycles. The largest absolute Gasteiger partial charge is 0.495 e. The normalized spacial score (nSPS) is 15.4. The van der Waals surface area contributed by atoms with Crippen LogP contribution in [0.1, 0.15) is 6.42 Å². The lowest BCUT2D eigenvalue weighted by molar-refractivity contribution is -0.116. The second kappa shape index (κ2) is 9.72. The smallest absolute Gasteiger partial charge is 0.225 e. The Morgan fingerprint density at radius 2 is 2.13 bits per heavy atom. The van der Waals surface area contributed by atoms with Crippen molar-refractivity contribution in [2.75, 3.05) is 58.4 Å². The van der Waals surface area contributed by atoms with Gasteiger partial charge in [0.15, 0.2) is 0 Å². The fourth-order valence-electron chi connectivity index (χ4n) is 2.36. The lowest BCUT2D eigenvalue weighted by Crippen LogP contribution is -2.40. The van der Waals surface area contributed by atoms with Crippen LogP contribution in [0.4, 0.5) is 5.69 Å². The zero-order valence-corrected chi connectivity index (χ0v) is 14.2. The van der Waals surface area contributed by atoms with E-state index in [1.807, 2.05) is 0 Å². The van der Waals surface area contributed by atoms with Crippen molar-refractivity contribution in [3.8, 4) is 5.75 Å². The Bertz CT molecular complexity index is 507. The number of halogens is 1. The molecule has 6 nitrogen and oxygen atoms in total. The molecule has 7 heteroatoms. The van der Waals surface area contributed by atoms with Crippen LogP contribution in [0.25, 0.3) is 0 Å². The summed E-state index contributed by atoms with van der Waals surface area (Å²) in [5.41, 5.74) is 0.675. The minimum atomic E-state index is -0.0369. The van der Waals surface area contributed by atoms with Crippen molar-refractivity contribution in [1.82, 2.24) is 10.2 Å². The molecular formula is C16H24ClN3O3. The third-order valence-electron chi connectivity index (χ3n) is 3.67. The molecule has 0 radical (unpaired) electrons. The molecule has 2 rings (SSSR count). The minimum absolute atomic E-state index is 0.0369. The number of rotatable bonds is 8. The van der Waals surface area contributed by atoms with Crippen LogP contribution >= 0.6 is 11.6 Å². The molecule has 23 heavy (non-hydrogen) atoms. The van der Waals surface area contributed by atoms with Gasteiger partial charge in [0, 0.05) is 44.8 Å². The number of ether oxygens (including phenoxy) is 2. The summed E-state index contributed by atoms with van der Waals surface area (Å²) in [4.78, 5) is 14.2. The number of hydrogen-bond acceptors (Lipinski definition) is 5. The van der Waals surface area contributed by atoms with Crippen LogP contribution in [-0.4, -0.2) is 63.9 Å². The highest BCUT2D eigenvalue weighted by Gasteiger charge is 2.09. The molecule has 1 heterocycles. The van der Waals surface area contributed by atoms with Crippen LogP contribution in [0.15, 0.2) is 18.2 Å². The quantitative estimate of drug-likeness (QED) is 0.703. The highest BCUT2D eigenvalue weighted by atomic mass is 35.5. The van der Waals surface area contributed by atoms with Gasteiger partial charge in [0.25, 0.3) is 0 Å². The number of benzene rings is 1. The zero-order chi connectivity index (χ0) is 16.5. The minimum Gasteiger partial charge on any atom is -0.495 e. The number of amides is 1. The zero-order valence-electron chi connectivity index (χ0n) is 13.4. The van der Waals surface area contributed by atoms with Crippen LogP contribution in [0.3, 0.4) is 0 Å². The first-order valence-corrected chi connectivity index (χ1v) is 8.21. The number of nitrogens with one attached hydrogen (secondary N) is 2. The Morgan fingerprint density at radius 1 is 1.35 bits per heavy atom. The molecular weight excluding hydrogens is 318 g/mol. The maximum atomic E-state index is 11.9. The molecule has 2 N–H and O–H groups in total. The van der Waals surface area contributed by atoms with Crippen LogP contribution in [0.5, 0.6) is 5.75 Å². The molecule has 1 aliphatic heterocycles. The van der Waals surface area contributed by atoms with E-state index in [1.165, 1.54) is 0 Å². The molecule has 1 aliphatic rings. The molecule has 1 amide bonds. The number of anilines is 1. The van der Waals surface area contributed by atoms with E-state index in [0.717, 1.165) is 39.4 Å². The second-order valence-electron chi connectivity index (χ2n) is 5.35. The van der Waals surface area contributed by atoms with Crippen molar-refractivity contribution < 1.29 is 14.3 Å². The molecule has 0 aliphatic carbocycles. The van der Waals surface area contributed by atoms with Crippen molar-refractivity contribution in [1.29, 1.82) is 0 Å². The molecule has 1 saturated heterocycles. The summed E-state index contributed by atoms with van der Waals surface area (Å²) in [6, 6.07) is 5.19. The van der Waals surface area contributed by atoms with Gasteiger partial charge in [0.2, 0.25) is 5.91 Å². The first-order chi connectivity index (χ1) is 11.2. The fourth-order valence-corrected chi connectivity index (χ4v) is 2.61. The number of carbonyl (C=O) groups excluding carboxylic acids is 1. The predicted molar refractivity (Wildman–Crippen MR) is 91.4 cm³/mol. The molecule has 128 valence electrons. The number of carbonyl (C=O) groups is 1. The highest BCUT2D eigenvalue weighted by molar-refractivity contribution is 6.32. The van der Waals surface area contributed by atoms with E-state index in [2.05, 4.69) is 15.5 Å². The summed E-state index contributed by atoms with van der Waals surface area (Å²) in [5, 5.41) is 6.60. The van der Waals surface area contributed by atoms with Gasteiger partial charge in [0.05, 0.1) is 25.3 Å². The summed E-state index contributed by atoms with van der Waals surface area (Å²) in [6.07, 6.45) is 0.423. The first kappa shape index (κ1) is 18.0. The third kappa shape index (κ3) is 6.35. The molecule has 0 bridgehead atoms. The van der Waals surface area contributed by atoms with E-state index >= 15 is 0 Å². The van der Waals surface area contributed by atoms with Crippen molar-refractivity contribution in [2.45, 2.75) is 6.42 Å². The molecule has 1 fully saturated rings. The summed E-state index contributed by atoms with van der Waals surface area (Å²) in [7, 11) is 1.56. The lowest BCUT2D eigenvalue weighted by Gasteiger charge is -2.26. The Labute approximate surface area is 142 Å². The average Bonchev–Trinajstić information content (AvgIpc) is 2.56. The summed E-state index contributed by atoms with van der Waals surface area (Å²) < 4.78 is 10.4. The number of morpholine rings is 1. The molecule has 1 aromatic carbocycles. The van der Waals surface area contributed by atoms with Gasteiger partial charge in [-0.15, -0.1) is 0 Å². The van der Waals surface area contributed by atoms with Gasteiger partial charge < -0.3 is 20.1 Å². The number of hydrogen-bond donors (Lipinski definition) is 2. The molecule has 1 aromatic rings. The highest BCUT2D eigenvalue weighted by Crippen LogP contribution is 2.27. The number of methoxy groups -OCH3 is 1. The van der Waals surface area contributed by atoms with Gasteiger partial charge in [-0.3, -0.25) is 9.69 Å². The summed E-state index contributed by atoms with van der Waals surface area (Å²) in [6.45, 7) is 6.11.